The number of hydrogen-bond donors (Lipinski definition) is 1. The maximum Gasteiger partial charge on any atom is 0.185 e. The number of benzene rings is 1. The Morgan fingerprint density at radius 3 is 2.39 bits per heavy atom. The van der Waals surface area contributed by atoms with E-state index in [0.29, 0.717) is 22.3 Å². The lowest BCUT2D eigenvalue weighted by Gasteiger charge is -2.19. The number of carbonyl (C=O) groups excluding carboxylic acids is 1. The zero-order valence-corrected chi connectivity index (χ0v) is 17.5. The molecule has 5 nitrogen and oxygen atoms in total. The summed E-state index contributed by atoms with van der Waals surface area (Å²) < 4.78 is 23.6. The molecule has 0 spiro atoms. The van der Waals surface area contributed by atoms with E-state index in [2.05, 4.69) is 9.97 Å². The van der Waals surface area contributed by atoms with Gasteiger partial charge in [0.2, 0.25) is 0 Å². The van der Waals surface area contributed by atoms with Gasteiger partial charge in [-0.05, 0) is 42.9 Å². The third-order valence-corrected chi connectivity index (χ3v) is 7.36. The smallest absolute Gasteiger partial charge is 0.185 e. The predicted molar refractivity (Wildman–Crippen MR) is 109 cm³/mol. The third-order valence-electron chi connectivity index (χ3n) is 5.96. The van der Waals surface area contributed by atoms with Crippen LogP contribution in [0.1, 0.15) is 72.7 Å². The van der Waals surface area contributed by atoms with Crippen LogP contribution in [-0.2, 0) is 9.84 Å². The van der Waals surface area contributed by atoms with E-state index >= 15 is 0 Å². The molecule has 28 heavy (non-hydrogen) atoms. The van der Waals surface area contributed by atoms with Crippen molar-refractivity contribution in [1.82, 2.24) is 9.97 Å². The largest absolute Gasteiger partial charge is 0.338 e. The number of Topliss-reactive ketones (excluding diaryl/α,β-unsaturated/α-hetero) is 1. The molecule has 2 aliphatic rings. The van der Waals surface area contributed by atoms with Crippen molar-refractivity contribution in [3.63, 3.8) is 0 Å². The van der Waals surface area contributed by atoms with Crippen LogP contribution in [-0.4, -0.2) is 30.4 Å². The van der Waals surface area contributed by atoms with Crippen molar-refractivity contribution in [3.8, 4) is 0 Å². The van der Waals surface area contributed by atoms with Gasteiger partial charge >= 0.3 is 0 Å². The summed E-state index contributed by atoms with van der Waals surface area (Å²) in [6.07, 6.45) is 8.84. The summed E-state index contributed by atoms with van der Waals surface area (Å²) in [5.74, 6) is 1.40. The summed E-state index contributed by atoms with van der Waals surface area (Å²) in [5.41, 5.74) is 1.42. The zero-order chi connectivity index (χ0) is 19.9. The van der Waals surface area contributed by atoms with E-state index in [-0.39, 0.29) is 22.8 Å². The number of halogens is 1. The van der Waals surface area contributed by atoms with E-state index in [1.807, 2.05) is 12.1 Å². The van der Waals surface area contributed by atoms with Crippen molar-refractivity contribution in [1.29, 1.82) is 0 Å². The average molecular weight is 421 g/mol. The molecule has 1 aromatic carbocycles. The molecule has 1 N–H and O–H groups in total. The Morgan fingerprint density at radius 2 is 1.82 bits per heavy atom. The molecule has 0 amide bonds. The van der Waals surface area contributed by atoms with E-state index < -0.39 is 9.84 Å². The van der Waals surface area contributed by atoms with Crippen LogP contribution in [0.25, 0.3) is 0 Å². The number of nitrogens with one attached hydrogen (secondary N) is 1. The van der Waals surface area contributed by atoms with Gasteiger partial charge in [0.05, 0.1) is 4.90 Å². The van der Waals surface area contributed by atoms with Crippen LogP contribution >= 0.6 is 11.6 Å². The minimum absolute atomic E-state index is 0.0324. The number of ketones is 1. The van der Waals surface area contributed by atoms with Gasteiger partial charge in [-0.2, -0.15) is 0 Å². The molecule has 2 aromatic rings. The quantitative estimate of drug-likeness (QED) is 0.654. The summed E-state index contributed by atoms with van der Waals surface area (Å²) in [5, 5.41) is 0.246. The fraction of sp³-hybridized carbons (Fsp3) is 0.524. The minimum atomic E-state index is -3.24. The molecule has 1 atom stereocenters. The molecule has 0 saturated heterocycles. The Morgan fingerprint density at radius 1 is 1.18 bits per heavy atom. The molecule has 1 aromatic heterocycles. The Hall–Kier alpha value is -1.66. The topological polar surface area (TPSA) is 79.9 Å². The molecule has 0 aliphatic heterocycles. The van der Waals surface area contributed by atoms with Crippen LogP contribution in [0.3, 0.4) is 0 Å². The fourth-order valence-electron chi connectivity index (χ4n) is 4.18. The highest BCUT2D eigenvalue weighted by Gasteiger charge is 2.34. The molecule has 2 fully saturated rings. The Balaban J connectivity index is 1.67. The maximum atomic E-state index is 12.5. The molecule has 2 saturated carbocycles. The van der Waals surface area contributed by atoms with Crippen LogP contribution in [0.2, 0.25) is 5.15 Å². The van der Waals surface area contributed by atoms with Crippen LogP contribution in [0.5, 0.6) is 0 Å². The van der Waals surface area contributed by atoms with Crippen LogP contribution < -0.4 is 0 Å². The standard InChI is InChI=1S/C21H25ClN2O3S/c1-28(26,27)16-10-8-14(9-11-16)17(12-13-4-2-3-5-13)21-23-18(20(22)24-21)19(25)15-6-7-15/h8-11,13,15,17H,2-7,12H2,1H3,(H,23,24). The van der Waals surface area contributed by atoms with Gasteiger partial charge in [0.25, 0.3) is 0 Å². The summed E-state index contributed by atoms with van der Waals surface area (Å²) in [7, 11) is -3.24. The molecule has 2 aliphatic carbocycles. The highest BCUT2D eigenvalue weighted by Crippen LogP contribution is 2.39. The Labute approximate surface area is 170 Å². The van der Waals surface area contributed by atoms with Gasteiger partial charge < -0.3 is 4.98 Å². The van der Waals surface area contributed by atoms with Crippen molar-refractivity contribution < 1.29 is 13.2 Å². The van der Waals surface area contributed by atoms with Crippen molar-refractivity contribution in [2.24, 2.45) is 11.8 Å². The van der Waals surface area contributed by atoms with Gasteiger partial charge in [-0.15, -0.1) is 0 Å². The number of aromatic amines is 1. The van der Waals surface area contributed by atoms with Crippen molar-refractivity contribution in [2.45, 2.75) is 55.8 Å². The molecular weight excluding hydrogens is 396 g/mol. The lowest BCUT2D eigenvalue weighted by Crippen LogP contribution is -2.10. The zero-order valence-electron chi connectivity index (χ0n) is 15.9. The summed E-state index contributed by atoms with van der Waals surface area (Å²) >= 11 is 6.30. The molecule has 1 heterocycles. The van der Waals surface area contributed by atoms with Gasteiger partial charge in [0.1, 0.15) is 11.5 Å². The maximum absolute atomic E-state index is 12.5. The average Bonchev–Trinajstić information content (AvgIpc) is 3.25. The first-order valence-corrected chi connectivity index (χ1v) is 12.2. The lowest BCUT2D eigenvalue weighted by atomic mass is 9.87. The number of carbonyl (C=O) groups is 1. The number of H-pyrrole nitrogens is 1. The van der Waals surface area contributed by atoms with Gasteiger partial charge in [-0.25, -0.2) is 13.4 Å². The Bertz CT molecular complexity index is 972. The second kappa shape index (κ2) is 7.64. The van der Waals surface area contributed by atoms with Gasteiger partial charge in [0, 0.05) is 18.1 Å². The molecular formula is C21H25ClN2O3S. The van der Waals surface area contributed by atoms with E-state index in [1.54, 1.807) is 12.1 Å². The van der Waals surface area contributed by atoms with Crippen LogP contribution in [0, 0.1) is 11.8 Å². The van der Waals surface area contributed by atoms with Gasteiger partial charge in [-0.3, -0.25) is 4.79 Å². The number of sulfone groups is 1. The molecule has 0 bridgehead atoms. The van der Waals surface area contributed by atoms with Crippen molar-refractivity contribution in [2.75, 3.05) is 6.26 Å². The third kappa shape index (κ3) is 4.18. The second-order valence-corrected chi connectivity index (χ2v) is 10.6. The minimum Gasteiger partial charge on any atom is -0.338 e. The van der Waals surface area contributed by atoms with Crippen LogP contribution in [0.15, 0.2) is 29.2 Å². The van der Waals surface area contributed by atoms with Crippen molar-refractivity contribution in [3.05, 3.63) is 46.5 Å². The number of rotatable bonds is 7. The molecule has 150 valence electrons. The van der Waals surface area contributed by atoms with E-state index in [0.717, 1.165) is 24.8 Å². The number of aromatic nitrogens is 2. The Kier molecular flexibility index (Phi) is 5.36. The number of imidazole rings is 1. The second-order valence-electron chi connectivity index (χ2n) is 8.21. The first kappa shape index (κ1) is 19.6. The van der Waals surface area contributed by atoms with E-state index in [9.17, 15) is 13.2 Å². The van der Waals surface area contributed by atoms with Crippen LogP contribution in [0.4, 0.5) is 0 Å². The fourth-order valence-corrected chi connectivity index (χ4v) is 5.04. The summed E-state index contributed by atoms with van der Waals surface area (Å²) in [6, 6.07) is 7.00. The first-order chi connectivity index (χ1) is 13.3. The first-order valence-electron chi connectivity index (χ1n) is 9.92. The molecule has 7 heteroatoms. The molecule has 4 rings (SSSR count). The van der Waals surface area contributed by atoms with E-state index in [4.69, 9.17) is 11.6 Å². The van der Waals surface area contributed by atoms with Crippen molar-refractivity contribution >= 4 is 27.2 Å². The van der Waals surface area contributed by atoms with Gasteiger partial charge in [-0.1, -0.05) is 49.4 Å². The monoisotopic (exact) mass is 420 g/mol. The summed E-state index contributed by atoms with van der Waals surface area (Å²) in [4.78, 5) is 20.5. The van der Waals surface area contributed by atoms with E-state index in [1.165, 1.54) is 31.9 Å². The lowest BCUT2D eigenvalue weighted by molar-refractivity contribution is 0.0963. The number of nitrogens with zero attached hydrogens (tertiary/aromatic N) is 1. The number of hydrogen-bond acceptors (Lipinski definition) is 4. The van der Waals surface area contributed by atoms with Gasteiger partial charge in [0.15, 0.2) is 20.8 Å². The SMILES string of the molecule is CS(=O)(=O)c1ccc(C(CC2CCCC2)c2nc(Cl)c(C(=O)C3CC3)[nH]2)cc1. The molecule has 1 unspecified atom stereocenters. The summed E-state index contributed by atoms with van der Waals surface area (Å²) in [6.45, 7) is 0. The normalized spacial score (nSPS) is 19.1. The predicted octanol–water partition coefficient (Wildman–Crippen LogP) is 4.77. The molecule has 0 radical (unpaired) electrons. The highest BCUT2D eigenvalue weighted by atomic mass is 35.5. The highest BCUT2D eigenvalue weighted by molar-refractivity contribution is 7.90.